The summed E-state index contributed by atoms with van der Waals surface area (Å²) in [6, 6.07) is 7.68. The third kappa shape index (κ3) is 2.95. The van der Waals surface area contributed by atoms with E-state index in [1.807, 2.05) is 36.4 Å². The lowest BCUT2D eigenvalue weighted by Gasteiger charge is -1.97. The van der Waals surface area contributed by atoms with Gasteiger partial charge in [-0.3, -0.25) is 0 Å². The van der Waals surface area contributed by atoms with Crippen LogP contribution in [0.25, 0.3) is 6.08 Å². The summed E-state index contributed by atoms with van der Waals surface area (Å²) in [5, 5.41) is 11.4. The van der Waals surface area contributed by atoms with Gasteiger partial charge in [0.05, 0.1) is 6.21 Å². The molecule has 0 aromatic heterocycles. The highest BCUT2D eigenvalue weighted by Gasteiger charge is 1.93. The van der Waals surface area contributed by atoms with Gasteiger partial charge in [0.25, 0.3) is 0 Å². The molecule has 0 spiro atoms. The topological polar surface area (TPSA) is 32.6 Å². The fourth-order valence-electron chi connectivity index (χ4n) is 1.02. The molecule has 1 rings (SSSR count). The lowest BCUT2D eigenvalue weighted by Crippen LogP contribution is -1.85. The average Bonchev–Trinajstić information content (AvgIpc) is 2.17. The number of oxime groups is 1. The van der Waals surface area contributed by atoms with E-state index in [0.717, 1.165) is 11.1 Å². The van der Waals surface area contributed by atoms with Gasteiger partial charge in [-0.15, -0.1) is 0 Å². The predicted molar refractivity (Wildman–Crippen MR) is 58.7 cm³/mol. The molecule has 0 fully saturated rings. The highest BCUT2D eigenvalue weighted by atomic mass is 32.1. The van der Waals surface area contributed by atoms with Crippen molar-refractivity contribution in [3.8, 4) is 0 Å². The molecule has 0 saturated heterocycles. The molecule has 0 heterocycles. The Kier molecular flexibility index (Phi) is 4.12. The lowest BCUT2D eigenvalue weighted by molar-refractivity contribution is 0.322. The van der Waals surface area contributed by atoms with E-state index < -0.39 is 0 Å². The number of benzene rings is 1. The summed E-state index contributed by atoms with van der Waals surface area (Å²) >= 11 is 4.07. The summed E-state index contributed by atoms with van der Waals surface area (Å²) < 4.78 is 0. The normalized spacial score (nSPS) is 11.5. The van der Waals surface area contributed by atoms with Gasteiger partial charge in [0, 0.05) is 11.3 Å². The van der Waals surface area contributed by atoms with Gasteiger partial charge < -0.3 is 5.21 Å². The van der Waals surface area contributed by atoms with Crippen molar-refractivity contribution in [3.63, 3.8) is 0 Å². The SMILES string of the molecule is ON=Cc1ccccc1C=CCS. The third-order valence-electron chi connectivity index (χ3n) is 1.60. The molecule has 68 valence electrons. The average molecular weight is 193 g/mol. The van der Waals surface area contributed by atoms with Crippen molar-refractivity contribution < 1.29 is 5.21 Å². The highest BCUT2D eigenvalue weighted by molar-refractivity contribution is 7.80. The van der Waals surface area contributed by atoms with Gasteiger partial charge in [-0.05, 0) is 5.56 Å². The molecule has 0 unspecified atom stereocenters. The molecule has 1 aromatic carbocycles. The van der Waals surface area contributed by atoms with Crippen LogP contribution in [0.4, 0.5) is 0 Å². The summed E-state index contributed by atoms with van der Waals surface area (Å²) in [7, 11) is 0. The van der Waals surface area contributed by atoms with Crippen LogP contribution in [0.15, 0.2) is 35.5 Å². The molecule has 3 heteroatoms. The van der Waals surface area contributed by atoms with Crippen LogP contribution in [0.1, 0.15) is 11.1 Å². The van der Waals surface area contributed by atoms with Gasteiger partial charge in [-0.2, -0.15) is 12.6 Å². The summed E-state index contributed by atoms with van der Waals surface area (Å²) in [5.41, 5.74) is 1.91. The zero-order valence-corrected chi connectivity index (χ0v) is 7.98. The number of hydrogen-bond donors (Lipinski definition) is 2. The van der Waals surface area contributed by atoms with Crippen molar-refractivity contribution >= 4 is 24.9 Å². The Hall–Kier alpha value is -1.22. The number of hydrogen-bond acceptors (Lipinski definition) is 3. The van der Waals surface area contributed by atoms with Gasteiger partial charge in [0.1, 0.15) is 0 Å². The summed E-state index contributed by atoms with van der Waals surface area (Å²) in [6.45, 7) is 0. The molecule has 2 nitrogen and oxygen atoms in total. The number of nitrogens with zero attached hydrogens (tertiary/aromatic N) is 1. The van der Waals surface area contributed by atoms with Crippen molar-refractivity contribution in [2.24, 2.45) is 5.16 Å². The molecule has 0 radical (unpaired) electrons. The van der Waals surface area contributed by atoms with Gasteiger partial charge in [0.2, 0.25) is 0 Å². The van der Waals surface area contributed by atoms with Crippen molar-refractivity contribution in [1.82, 2.24) is 0 Å². The Morgan fingerprint density at radius 3 is 2.62 bits per heavy atom. The minimum atomic E-state index is 0.699. The maximum Gasteiger partial charge on any atom is 0.0739 e. The minimum Gasteiger partial charge on any atom is -0.411 e. The molecule has 0 saturated carbocycles. The van der Waals surface area contributed by atoms with E-state index in [9.17, 15) is 0 Å². The van der Waals surface area contributed by atoms with Crippen molar-refractivity contribution in [1.29, 1.82) is 0 Å². The highest BCUT2D eigenvalue weighted by Crippen LogP contribution is 2.08. The van der Waals surface area contributed by atoms with Crippen LogP contribution in [0.2, 0.25) is 0 Å². The monoisotopic (exact) mass is 193 g/mol. The molecule has 0 amide bonds. The first-order chi connectivity index (χ1) is 6.38. The smallest absolute Gasteiger partial charge is 0.0739 e. The maximum absolute atomic E-state index is 8.40. The molecule has 0 aliphatic rings. The molecule has 1 aromatic rings. The first-order valence-corrected chi connectivity index (χ1v) is 4.55. The van der Waals surface area contributed by atoms with E-state index in [1.54, 1.807) is 0 Å². The van der Waals surface area contributed by atoms with Gasteiger partial charge in [0.15, 0.2) is 0 Å². The quantitative estimate of drug-likeness (QED) is 0.328. The molecule has 0 aliphatic carbocycles. The second-order valence-electron chi connectivity index (χ2n) is 2.46. The van der Waals surface area contributed by atoms with E-state index in [2.05, 4.69) is 17.8 Å². The second-order valence-corrected chi connectivity index (χ2v) is 2.82. The first kappa shape index (κ1) is 9.86. The molecule has 1 N–H and O–H groups in total. The molecule has 0 bridgehead atoms. The van der Waals surface area contributed by atoms with Crippen LogP contribution in [0.5, 0.6) is 0 Å². The standard InChI is InChI=1S/C10H11NOS/c12-11-8-10-5-2-1-4-9(10)6-3-7-13/h1-6,8,12-13H,7H2. The van der Waals surface area contributed by atoms with Crippen molar-refractivity contribution in [3.05, 3.63) is 41.5 Å². The zero-order chi connectivity index (χ0) is 9.52. The van der Waals surface area contributed by atoms with E-state index in [4.69, 9.17) is 5.21 Å². The Morgan fingerprint density at radius 1 is 1.31 bits per heavy atom. The predicted octanol–water partition coefficient (Wildman–Crippen LogP) is 2.44. The van der Waals surface area contributed by atoms with E-state index in [1.165, 1.54) is 6.21 Å². The molecule has 0 atom stereocenters. The van der Waals surface area contributed by atoms with Gasteiger partial charge >= 0.3 is 0 Å². The van der Waals surface area contributed by atoms with Crippen LogP contribution < -0.4 is 0 Å². The van der Waals surface area contributed by atoms with Crippen LogP contribution in [-0.4, -0.2) is 17.2 Å². The van der Waals surface area contributed by atoms with E-state index >= 15 is 0 Å². The fraction of sp³-hybridized carbons (Fsp3) is 0.100. The second kappa shape index (κ2) is 5.43. The van der Waals surface area contributed by atoms with Crippen LogP contribution >= 0.6 is 12.6 Å². The fourth-order valence-corrected chi connectivity index (χ4v) is 1.13. The number of rotatable bonds is 3. The van der Waals surface area contributed by atoms with Crippen LogP contribution in [0.3, 0.4) is 0 Å². The van der Waals surface area contributed by atoms with E-state index in [-0.39, 0.29) is 0 Å². The van der Waals surface area contributed by atoms with Crippen LogP contribution in [-0.2, 0) is 0 Å². The lowest BCUT2D eigenvalue weighted by atomic mass is 10.1. The zero-order valence-electron chi connectivity index (χ0n) is 7.09. The summed E-state index contributed by atoms with van der Waals surface area (Å²) in [4.78, 5) is 0. The third-order valence-corrected chi connectivity index (χ3v) is 1.81. The number of thiol groups is 1. The van der Waals surface area contributed by atoms with Gasteiger partial charge in [-0.1, -0.05) is 41.6 Å². The minimum absolute atomic E-state index is 0.699. The Balaban J connectivity index is 2.97. The largest absolute Gasteiger partial charge is 0.411 e. The van der Waals surface area contributed by atoms with Gasteiger partial charge in [-0.25, -0.2) is 0 Å². The van der Waals surface area contributed by atoms with Crippen molar-refractivity contribution in [2.75, 3.05) is 5.75 Å². The maximum atomic E-state index is 8.40. The first-order valence-electron chi connectivity index (χ1n) is 3.92. The Labute approximate surface area is 83.0 Å². The van der Waals surface area contributed by atoms with Crippen molar-refractivity contribution in [2.45, 2.75) is 0 Å². The Bertz CT molecular complexity index is 320. The van der Waals surface area contributed by atoms with Crippen LogP contribution in [0, 0.1) is 0 Å². The molecule has 13 heavy (non-hydrogen) atoms. The van der Waals surface area contributed by atoms with E-state index in [0.29, 0.717) is 5.75 Å². The summed E-state index contributed by atoms with van der Waals surface area (Å²) in [5.74, 6) is 0.699. The molecule has 0 aliphatic heterocycles. The Morgan fingerprint density at radius 2 is 2.00 bits per heavy atom. The molecular weight excluding hydrogens is 182 g/mol. The summed E-state index contributed by atoms with van der Waals surface area (Å²) in [6.07, 6.45) is 5.30. The molecular formula is C10H11NOS.